The molecule has 0 spiro atoms. The van der Waals surface area contributed by atoms with Crippen LogP contribution in [0.25, 0.3) is 144 Å². The first-order valence-electron chi connectivity index (χ1n) is 22.7. The van der Waals surface area contributed by atoms with Gasteiger partial charge in [0.05, 0.1) is 50.3 Å². The van der Waals surface area contributed by atoms with Crippen LogP contribution in [0.1, 0.15) is 5.56 Å². The predicted octanol–water partition coefficient (Wildman–Crippen LogP) is 18.1. The maximum absolute atomic E-state index is 12.1. The Morgan fingerprint density at radius 2 is 0.926 bits per heavy atom. The molecule has 68 heavy (non-hydrogen) atoms. The lowest BCUT2D eigenvalue weighted by molar-refractivity contribution is 1.14. The van der Waals surface area contributed by atoms with Gasteiger partial charge in [-0.25, -0.2) is 4.85 Å². The zero-order chi connectivity index (χ0) is 44.8. The third-order valence-corrected chi connectivity index (χ3v) is 16.6. The second kappa shape index (κ2) is 13.9. The molecule has 15 aromatic rings. The van der Waals surface area contributed by atoms with E-state index in [-0.39, 0.29) is 0 Å². The molecule has 11 aromatic carbocycles. The van der Waals surface area contributed by atoms with Crippen molar-refractivity contribution in [3.63, 3.8) is 0 Å². The summed E-state index contributed by atoms with van der Waals surface area (Å²) in [7, 11) is 0. The van der Waals surface area contributed by atoms with Crippen LogP contribution in [0.15, 0.2) is 194 Å². The molecule has 0 saturated heterocycles. The molecule has 4 heterocycles. The molecule has 0 bridgehead atoms. The highest BCUT2D eigenvalue weighted by Crippen LogP contribution is 2.55. The molecule has 4 aromatic heterocycles. The molecule has 15 rings (SSSR count). The van der Waals surface area contributed by atoms with Crippen molar-refractivity contribution in [2.75, 3.05) is 0 Å². The minimum absolute atomic E-state index is 0.431. The van der Waals surface area contributed by atoms with E-state index in [2.05, 4.69) is 178 Å². The lowest BCUT2D eigenvalue weighted by Gasteiger charge is -2.26. The molecule has 0 radical (unpaired) electrons. The lowest BCUT2D eigenvalue weighted by atomic mass is 9.88. The Morgan fingerprint density at radius 1 is 0.397 bits per heavy atom. The average molecular weight is 897 g/mol. The molecule has 4 nitrogen and oxygen atoms in total. The maximum atomic E-state index is 12.1. The van der Waals surface area contributed by atoms with Gasteiger partial charge in [0.1, 0.15) is 6.07 Å². The second-order valence-electron chi connectivity index (χ2n) is 17.6. The third-order valence-electron chi connectivity index (χ3n) is 14.3. The van der Waals surface area contributed by atoms with Crippen molar-refractivity contribution in [3.8, 4) is 39.7 Å². The summed E-state index contributed by atoms with van der Waals surface area (Å²) >= 11 is 3.61. The van der Waals surface area contributed by atoms with E-state index >= 15 is 0 Å². The molecule has 0 N–H and O–H groups in total. The minimum atomic E-state index is 0.431. The summed E-state index contributed by atoms with van der Waals surface area (Å²) in [6.45, 7) is 9.38. The van der Waals surface area contributed by atoms with Crippen LogP contribution in [0.5, 0.6) is 0 Å². The first-order valence-corrected chi connectivity index (χ1v) is 24.3. The monoisotopic (exact) mass is 896 g/mol. The van der Waals surface area contributed by atoms with Gasteiger partial charge in [-0.15, -0.1) is 22.7 Å². The molecular formula is C62H32N4S2. The number of nitrogens with zero attached hydrogens (tertiary/aromatic N) is 4. The van der Waals surface area contributed by atoms with Gasteiger partial charge in [0.2, 0.25) is 5.69 Å². The van der Waals surface area contributed by atoms with Gasteiger partial charge in [-0.2, -0.15) is 5.26 Å². The van der Waals surface area contributed by atoms with Crippen LogP contribution in [0.3, 0.4) is 0 Å². The Labute approximate surface area is 396 Å². The van der Waals surface area contributed by atoms with Gasteiger partial charge in [0.15, 0.2) is 0 Å². The average Bonchev–Trinajstić information content (AvgIpc) is 4.16. The Bertz CT molecular complexity index is 4660. The molecule has 0 unspecified atom stereocenters. The predicted molar refractivity (Wildman–Crippen MR) is 289 cm³/mol. The van der Waals surface area contributed by atoms with E-state index in [1.54, 1.807) is 22.7 Å². The van der Waals surface area contributed by atoms with Crippen LogP contribution in [0, 0.1) is 17.9 Å². The maximum Gasteiger partial charge on any atom is 0.220 e. The molecule has 0 aliphatic heterocycles. The molecule has 0 saturated carbocycles. The van der Waals surface area contributed by atoms with Crippen LogP contribution in [-0.2, 0) is 0 Å². The van der Waals surface area contributed by atoms with Gasteiger partial charge in [0, 0.05) is 68.3 Å². The third kappa shape index (κ3) is 4.79. The van der Waals surface area contributed by atoms with Gasteiger partial charge in [-0.1, -0.05) is 164 Å². The number of aromatic nitrogens is 2. The summed E-state index contributed by atoms with van der Waals surface area (Å²) in [5, 5.41) is 26.1. The van der Waals surface area contributed by atoms with Gasteiger partial charge in [-0.05, 0) is 63.0 Å². The highest BCUT2D eigenvalue weighted by molar-refractivity contribution is 7.27. The summed E-state index contributed by atoms with van der Waals surface area (Å²) in [4.78, 5) is 4.59. The van der Waals surface area contributed by atoms with E-state index in [1.807, 2.05) is 36.4 Å². The van der Waals surface area contributed by atoms with Crippen LogP contribution in [-0.4, -0.2) is 9.13 Å². The number of fused-ring (bicyclic) bond motifs is 14. The van der Waals surface area contributed by atoms with Gasteiger partial charge < -0.3 is 9.13 Å². The number of hydrogen-bond donors (Lipinski definition) is 0. The van der Waals surface area contributed by atoms with Crippen LogP contribution in [0.4, 0.5) is 5.69 Å². The standard InChI is InChI=1S/C62H32N4S2/c1-64-57-52(35-16-4-2-5-17-35)46(34-63)59(53(36-18-6-3-7-19-36)61(57)65-47-26-14-24-40-37-20-8-9-21-38(37)41-25-15-27-48(65)55(41)54(40)47)66-58-42(32-33-51-56(58)45-23-11-13-29-50(45)67-51)43-30-31-44-39-22-10-12-28-49(39)68-62(44)60(43)66/h2-33H. The molecule has 6 heteroatoms. The number of nitriles is 1. The minimum Gasteiger partial charge on any atom is -0.318 e. The van der Waals surface area contributed by atoms with Gasteiger partial charge >= 0.3 is 0 Å². The summed E-state index contributed by atoms with van der Waals surface area (Å²) in [6, 6.07) is 71.9. The zero-order valence-electron chi connectivity index (χ0n) is 36.1. The van der Waals surface area contributed by atoms with Crippen LogP contribution >= 0.6 is 22.7 Å². The molecule has 0 aliphatic carbocycles. The number of benzene rings is 11. The Morgan fingerprint density at radius 3 is 1.57 bits per heavy atom. The van der Waals surface area contributed by atoms with Crippen molar-refractivity contribution in [3.05, 3.63) is 211 Å². The molecule has 0 atom stereocenters. The van der Waals surface area contributed by atoms with Crippen LogP contribution in [0.2, 0.25) is 0 Å². The van der Waals surface area contributed by atoms with Crippen LogP contribution < -0.4 is 0 Å². The molecule has 312 valence electrons. The van der Waals surface area contributed by atoms with Crippen molar-refractivity contribution < 1.29 is 0 Å². The highest BCUT2D eigenvalue weighted by atomic mass is 32.1. The summed E-state index contributed by atoms with van der Waals surface area (Å²) in [5.74, 6) is 0. The smallest absolute Gasteiger partial charge is 0.220 e. The number of hydrogen-bond acceptors (Lipinski definition) is 3. The second-order valence-corrected chi connectivity index (χ2v) is 19.7. The summed E-state index contributed by atoms with van der Waals surface area (Å²) in [6.07, 6.45) is 0. The van der Waals surface area contributed by atoms with Crippen molar-refractivity contribution >= 4 is 134 Å². The number of thiophene rings is 2. The Kier molecular flexibility index (Phi) is 7.64. The van der Waals surface area contributed by atoms with Gasteiger partial charge in [0.25, 0.3) is 0 Å². The lowest BCUT2D eigenvalue weighted by Crippen LogP contribution is -2.09. The van der Waals surface area contributed by atoms with E-state index < -0.39 is 0 Å². The quantitative estimate of drug-likeness (QED) is 0.128. The zero-order valence-corrected chi connectivity index (χ0v) is 37.7. The summed E-state index contributed by atoms with van der Waals surface area (Å²) < 4.78 is 9.56. The topological polar surface area (TPSA) is 38.0 Å². The Hall–Kier alpha value is -8.78. The van der Waals surface area contributed by atoms with E-state index in [0.29, 0.717) is 16.8 Å². The fourth-order valence-electron chi connectivity index (χ4n) is 11.7. The summed E-state index contributed by atoms with van der Waals surface area (Å²) in [5.41, 5.74) is 9.70. The molecular weight excluding hydrogens is 865 g/mol. The SMILES string of the molecule is [C-]#[N+]c1c(-c2ccccc2)c(C#N)c(-n2c3c(ccc4c5ccccc5sc43)c3ccc4sc5ccccc5c4c32)c(-c2ccccc2)c1-n1c2cccc3c4ccccc4c4cccc1c4c32. The largest absolute Gasteiger partial charge is 0.318 e. The van der Waals surface area contributed by atoms with Crippen molar-refractivity contribution in [2.45, 2.75) is 0 Å². The van der Waals surface area contributed by atoms with Gasteiger partial charge in [-0.3, -0.25) is 0 Å². The first kappa shape index (κ1) is 37.4. The van der Waals surface area contributed by atoms with E-state index in [9.17, 15) is 11.8 Å². The van der Waals surface area contributed by atoms with E-state index in [1.165, 1.54) is 51.8 Å². The van der Waals surface area contributed by atoms with Crippen molar-refractivity contribution in [1.82, 2.24) is 9.13 Å². The fraction of sp³-hybridized carbons (Fsp3) is 0. The fourth-order valence-corrected chi connectivity index (χ4v) is 14.0. The Balaban J connectivity index is 1.27. The van der Waals surface area contributed by atoms with Crippen molar-refractivity contribution in [2.24, 2.45) is 0 Å². The van der Waals surface area contributed by atoms with Crippen molar-refractivity contribution in [1.29, 1.82) is 5.26 Å². The molecule has 0 aliphatic rings. The van der Waals surface area contributed by atoms with E-state index in [4.69, 9.17) is 0 Å². The van der Waals surface area contributed by atoms with E-state index in [0.717, 1.165) is 81.8 Å². The molecule has 0 fully saturated rings. The first-order chi connectivity index (χ1) is 33.7. The molecule has 0 amide bonds. The highest BCUT2D eigenvalue weighted by Gasteiger charge is 2.33. The number of rotatable bonds is 4. The normalized spacial score (nSPS) is 12.1.